The number of nitrogens with one attached hydrogen (secondary N) is 2. The molecule has 8 nitrogen and oxygen atoms in total. The van der Waals surface area contributed by atoms with Gasteiger partial charge in [-0.1, -0.05) is 6.07 Å². The van der Waals surface area contributed by atoms with Crippen LogP contribution < -0.4 is 16.2 Å². The van der Waals surface area contributed by atoms with Gasteiger partial charge in [-0.3, -0.25) is 18.8 Å². The van der Waals surface area contributed by atoms with Gasteiger partial charge in [-0.15, -0.1) is 0 Å². The minimum absolute atomic E-state index is 0.166. The van der Waals surface area contributed by atoms with Crippen molar-refractivity contribution in [1.29, 1.82) is 0 Å². The fraction of sp³-hybridized carbons (Fsp3) is 0.167. The second-order valence-electron chi connectivity index (χ2n) is 3.93. The lowest BCUT2D eigenvalue weighted by Crippen LogP contribution is -2.34. The molecule has 20 heavy (non-hydrogen) atoms. The van der Waals surface area contributed by atoms with E-state index in [1.54, 1.807) is 24.4 Å². The third-order valence-corrected chi connectivity index (χ3v) is 2.49. The van der Waals surface area contributed by atoms with Gasteiger partial charge >= 0.3 is 5.97 Å². The predicted octanol–water partition coefficient (Wildman–Crippen LogP) is -0.693. The minimum atomic E-state index is -1.13. The first-order chi connectivity index (χ1) is 9.58. The lowest BCUT2D eigenvalue weighted by atomic mass is 10.4. The summed E-state index contributed by atoms with van der Waals surface area (Å²) in [6.45, 7) is -0.668. The van der Waals surface area contributed by atoms with E-state index >= 15 is 0 Å². The van der Waals surface area contributed by atoms with Gasteiger partial charge in [-0.2, -0.15) is 0 Å². The molecule has 2 aromatic rings. The third-order valence-electron chi connectivity index (χ3n) is 2.49. The fourth-order valence-electron chi connectivity index (χ4n) is 1.56. The smallest absolute Gasteiger partial charge is 0.322 e. The summed E-state index contributed by atoms with van der Waals surface area (Å²) >= 11 is 0. The van der Waals surface area contributed by atoms with Crippen LogP contribution >= 0.6 is 0 Å². The van der Waals surface area contributed by atoms with Crippen molar-refractivity contribution >= 4 is 23.2 Å². The van der Waals surface area contributed by atoms with Gasteiger partial charge in [0.15, 0.2) is 0 Å². The molecule has 8 heteroatoms. The summed E-state index contributed by atoms with van der Waals surface area (Å²) in [5.74, 6) is -1.66. The number of nitrogens with zero attached hydrogens (tertiary/aromatic N) is 2. The van der Waals surface area contributed by atoms with E-state index in [0.29, 0.717) is 5.65 Å². The number of amides is 1. The molecule has 0 unspecified atom stereocenters. The van der Waals surface area contributed by atoms with Crippen molar-refractivity contribution < 1.29 is 14.7 Å². The number of anilines is 1. The van der Waals surface area contributed by atoms with Gasteiger partial charge in [0.1, 0.15) is 17.9 Å². The van der Waals surface area contributed by atoms with E-state index in [9.17, 15) is 14.4 Å². The molecule has 0 bridgehead atoms. The fourth-order valence-corrected chi connectivity index (χ4v) is 1.56. The molecule has 0 fully saturated rings. The summed E-state index contributed by atoms with van der Waals surface area (Å²) in [5.41, 5.74) is 0.333. The Bertz CT molecular complexity index is 710. The van der Waals surface area contributed by atoms with Crippen LogP contribution in [0.2, 0.25) is 0 Å². The molecule has 0 aliphatic heterocycles. The van der Waals surface area contributed by atoms with Crippen LogP contribution in [-0.2, 0) is 9.59 Å². The van der Waals surface area contributed by atoms with E-state index in [0.717, 1.165) is 0 Å². The van der Waals surface area contributed by atoms with Crippen molar-refractivity contribution in [2.24, 2.45) is 0 Å². The zero-order valence-corrected chi connectivity index (χ0v) is 10.4. The number of carbonyl (C=O) groups is 2. The Morgan fingerprint density at radius 1 is 1.30 bits per heavy atom. The van der Waals surface area contributed by atoms with Crippen LogP contribution in [0.1, 0.15) is 0 Å². The highest BCUT2D eigenvalue weighted by atomic mass is 16.4. The molecule has 3 N–H and O–H groups in total. The number of hydrogen-bond donors (Lipinski definition) is 3. The lowest BCUT2D eigenvalue weighted by molar-refractivity contribution is -0.137. The lowest BCUT2D eigenvalue weighted by Gasteiger charge is -2.07. The maximum atomic E-state index is 12.0. The number of fused-ring (bicyclic) bond motifs is 1. The Balaban J connectivity index is 2.07. The Morgan fingerprint density at radius 2 is 2.10 bits per heavy atom. The van der Waals surface area contributed by atoms with Crippen LogP contribution in [0.4, 0.5) is 5.69 Å². The van der Waals surface area contributed by atoms with E-state index in [2.05, 4.69) is 15.6 Å². The summed E-state index contributed by atoms with van der Waals surface area (Å²) in [6, 6.07) is 5.14. The summed E-state index contributed by atoms with van der Waals surface area (Å²) in [4.78, 5) is 37.7. The Hall–Kier alpha value is -2.90. The Kier molecular flexibility index (Phi) is 3.94. The monoisotopic (exact) mass is 276 g/mol. The molecular formula is C12H12N4O4. The topological polar surface area (TPSA) is 113 Å². The highest BCUT2D eigenvalue weighted by Gasteiger charge is 2.07. The van der Waals surface area contributed by atoms with E-state index < -0.39 is 18.4 Å². The van der Waals surface area contributed by atoms with Crippen LogP contribution in [0, 0.1) is 0 Å². The molecule has 0 radical (unpaired) electrons. The molecule has 0 saturated heterocycles. The molecule has 0 saturated carbocycles. The molecule has 2 heterocycles. The molecule has 0 aromatic carbocycles. The summed E-state index contributed by atoms with van der Waals surface area (Å²) in [7, 11) is 0. The van der Waals surface area contributed by atoms with Gasteiger partial charge in [0.2, 0.25) is 5.91 Å². The maximum absolute atomic E-state index is 12.0. The van der Waals surface area contributed by atoms with Gasteiger partial charge in [0, 0.05) is 6.20 Å². The number of carboxylic acid groups (broad SMARTS) is 1. The van der Waals surface area contributed by atoms with Gasteiger partial charge in [-0.25, -0.2) is 4.98 Å². The van der Waals surface area contributed by atoms with Crippen LogP contribution in [0.25, 0.3) is 5.65 Å². The van der Waals surface area contributed by atoms with Crippen LogP contribution in [-0.4, -0.2) is 39.5 Å². The number of rotatable bonds is 5. The summed E-state index contributed by atoms with van der Waals surface area (Å²) in [5, 5.41) is 13.2. The standard InChI is InChI=1S/C12H12N4O4/c17-10(15-7-11(18)19)6-13-8-5-14-9-3-1-2-4-16(9)12(8)20/h1-5,13H,6-7H2,(H,15,17)(H,18,19). The zero-order chi connectivity index (χ0) is 14.5. The minimum Gasteiger partial charge on any atom is -0.480 e. The van der Waals surface area contributed by atoms with Gasteiger partial charge in [0.25, 0.3) is 5.56 Å². The number of carboxylic acids is 1. The number of aliphatic carboxylic acids is 1. The van der Waals surface area contributed by atoms with Crippen molar-refractivity contribution in [3.05, 3.63) is 40.9 Å². The average Bonchev–Trinajstić information content (AvgIpc) is 2.44. The van der Waals surface area contributed by atoms with Crippen LogP contribution in [0.3, 0.4) is 0 Å². The van der Waals surface area contributed by atoms with Crippen LogP contribution in [0.15, 0.2) is 35.4 Å². The molecule has 0 aliphatic carbocycles. The largest absolute Gasteiger partial charge is 0.480 e. The molecule has 0 aliphatic rings. The molecule has 0 atom stereocenters. The first-order valence-corrected chi connectivity index (χ1v) is 5.76. The van der Waals surface area contributed by atoms with E-state index in [1.165, 1.54) is 10.6 Å². The number of hydrogen-bond acceptors (Lipinski definition) is 5. The highest BCUT2D eigenvalue weighted by Crippen LogP contribution is 2.00. The number of pyridine rings is 1. The number of carbonyl (C=O) groups excluding carboxylic acids is 1. The quantitative estimate of drug-likeness (QED) is 0.666. The molecular weight excluding hydrogens is 264 g/mol. The zero-order valence-electron chi connectivity index (χ0n) is 10.4. The Morgan fingerprint density at radius 3 is 2.85 bits per heavy atom. The summed E-state index contributed by atoms with van der Waals surface area (Å²) < 4.78 is 1.34. The van der Waals surface area contributed by atoms with E-state index in [4.69, 9.17) is 5.11 Å². The number of aromatic nitrogens is 2. The highest BCUT2D eigenvalue weighted by molar-refractivity contribution is 5.84. The van der Waals surface area contributed by atoms with Crippen molar-refractivity contribution in [3.63, 3.8) is 0 Å². The normalized spacial score (nSPS) is 10.2. The second-order valence-corrected chi connectivity index (χ2v) is 3.93. The summed E-state index contributed by atoms with van der Waals surface area (Å²) in [6.07, 6.45) is 2.91. The van der Waals surface area contributed by atoms with Gasteiger partial charge in [0.05, 0.1) is 12.7 Å². The van der Waals surface area contributed by atoms with Gasteiger partial charge < -0.3 is 15.7 Å². The average molecular weight is 276 g/mol. The third kappa shape index (κ3) is 3.10. The Labute approximate surface area is 113 Å². The van der Waals surface area contributed by atoms with Gasteiger partial charge in [-0.05, 0) is 12.1 Å². The van der Waals surface area contributed by atoms with Crippen LogP contribution in [0.5, 0.6) is 0 Å². The molecule has 2 rings (SSSR count). The second kappa shape index (κ2) is 5.83. The maximum Gasteiger partial charge on any atom is 0.322 e. The molecule has 1 amide bonds. The van der Waals surface area contributed by atoms with E-state index in [1.807, 2.05) is 0 Å². The van der Waals surface area contributed by atoms with Crippen molar-refractivity contribution in [3.8, 4) is 0 Å². The predicted molar refractivity (Wildman–Crippen MR) is 70.6 cm³/mol. The van der Waals surface area contributed by atoms with Crippen molar-refractivity contribution in [2.75, 3.05) is 18.4 Å². The molecule has 104 valence electrons. The van der Waals surface area contributed by atoms with Crippen molar-refractivity contribution in [1.82, 2.24) is 14.7 Å². The first-order valence-electron chi connectivity index (χ1n) is 5.76. The van der Waals surface area contributed by atoms with E-state index in [-0.39, 0.29) is 17.8 Å². The first kappa shape index (κ1) is 13.5. The molecule has 0 spiro atoms. The SMILES string of the molecule is O=C(O)CNC(=O)CNc1cnc2ccccn2c1=O. The molecule has 2 aromatic heterocycles. The van der Waals surface area contributed by atoms with Crippen molar-refractivity contribution in [2.45, 2.75) is 0 Å².